The number of anilines is 1. The molecule has 0 radical (unpaired) electrons. The lowest BCUT2D eigenvalue weighted by Gasteiger charge is -2.26. The molecule has 1 N–H and O–H groups in total. The fraction of sp³-hybridized carbons (Fsp3) is 0.281. The van der Waals surface area contributed by atoms with E-state index in [1.807, 2.05) is 42.2 Å². The Morgan fingerprint density at radius 1 is 0.975 bits per heavy atom. The van der Waals surface area contributed by atoms with Gasteiger partial charge in [-0.1, -0.05) is 24.3 Å². The van der Waals surface area contributed by atoms with Gasteiger partial charge in [0.05, 0.1) is 13.7 Å². The molecule has 0 bridgehead atoms. The largest absolute Gasteiger partial charge is 0.494 e. The van der Waals surface area contributed by atoms with Gasteiger partial charge >= 0.3 is 0 Å². The van der Waals surface area contributed by atoms with E-state index in [1.54, 1.807) is 42.5 Å². The molecular formula is C32H33N3O5. The van der Waals surface area contributed by atoms with Gasteiger partial charge in [-0.2, -0.15) is 5.26 Å². The summed E-state index contributed by atoms with van der Waals surface area (Å²) >= 11 is 0. The number of nitriles is 1. The highest BCUT2D eigenvalue weighted by atomic mass is 16.5. The van der Waals surface area contributed by atoms with Crippen LogP contribution in [0.3, 0.4) is 0 Å². The van der Waals surface area contributed by atoms with Crippen LogP contribution >= 0.6 is 0 Å². The third-order valence-electron chi connectivity index (χ3n) is 6.51. The lowest BCUT2D eigenvalue weighted by molar-refractivity contribution is -0.112. The van der Waals surface area contributed by atoms with E-state index < -0.39 is 5.91 Å². The van der Waals surface area contributed by atoms with Gasteiger partial charge in [0.25, 0.3) is 11.8 Å². The molecule has 0 aromatic heterocycles. The average molecular weight is 540 g/mol. The number of methoxy groups -OCH3 is 1. The number of rotatable bonds is 10. The molecule has 8 heteroatoms. The first-order valence-corrected chi connectivity index (χ1v) is 13.4. The van der Waals surface area contributed by atoms with E-state index >= 15 is 0 Å². The van der Waals surface area contributed by atoms with Crippen LogP contribution < -0.4 is 19.5 Å². The monoisotopic (exact) mass is 539 g/mol. The Hall–Kier alpha value is -4.77. The van der Waals surface area contributed by atoms with Crippen molar-refractivity contribution in [2.24, 2.45) is 0 Å². The molecule has 206 valence electrons. The summed E-state index contributed by atoms with van der Waals surface area (Å²) in [5, 5.41) is 12.3. The molecule has 1 saturated heterocycles. The summed E-state index contributed by atoms with van der Waals surface area (Å²) < 4.78 is 16.9. The minimum atomic E-state index is -0.530. The molecule has 1 aliphatic heterocycles. The molecule has 0 unspecified atom stereocenters. The standard InChI is InChI=1S/C32H33N3O5/c1-3-39-28-9-7-8-27(20-28)34-31(36)26(21-33)18-24-12-15-29(30(19-24)38-2)40-22-23-10-13-25(14-11-23)32(37)35-16-5-4-6-17-35/h7-15,18-20H,3-6,16-17,22H2,1-2H3,(H,34,36)/b26-18-. The van der Waals surface area contributed by atoms with Gasteiger partial charge in [0, 0.05) is 30.4 Å². The molecule has 3 aromatic rings. The first kappa shape index (κ1) is 28.2. The number of nitrogens with one attached hydrogen (secondary N) is 1. The van der Waals surface area contributed by atoms with E-state index in [4.69, 9.17) is 14.2 Å². The van der Waals surface area contributed by atoms with Gasteiger partial charge < -0.3 is 24.4 Å². The van der Waals surface area contributed by atoms with Crippen LogP contribution in [0.4, 0.5) is 5.69 Å². The van der Waals surface area contributed by atoms with Crippen molar-refractivity contribution in [1.82, 2.24) is 4.90 Å². The number of likely N-dealkylation sites (tertiary alicyclic amines) is 1. The number of carbonyl (C=O) groups is 2. The number of piperidine rings is 1. The number of hydrogen-bond acceptors (Lipinski definition) is 6. The Morgan fingerprint density at radius 3 is 2.45 bits per heavy atom. The van der Waals surface area contributed by atoms with Gasteiger partial charge in [0.1, 0.15) is 24.0 Å². The van der Waals surface area contributed by atoms with Crippen LogP contribution in [-0.4, -0.2) is 43.5 Å². The summed E-state index contributed by atoms with van der Waals surface area (Å²) in [5.41, 5.74) is 2.68. The van der Waals surface area contributed by atoms with Crippen LogP contribution in [0.5, 0.6) is 17.2 Å². The Bertz CT molecular complexity index is 1400. The van der Waals surface area contributed by atoms with E-state index in [0.29, 0.717) is 40.7 Å². The van der Waals surface area contributed by atoms with Crippen LogP contribution in [0.1, 0.15) is 47.7 Å². The van der Waals surface area contributed by atoms with E-state index in [9.17, 15) is 14.9 Å². The van der Waals surface area contributed by atoms with Crippen molar-refractivity contribution in [2.45, 2.75) is 32.8 Å². The maximum atomic E-state index is 12.7. The number of nitrogens with zero attached hydrogens (tertiary/aromatic N) is 2. The zero-order chi connectivity index (χ0) is 28.3. The average Bonchev–Trinajstić information content (AvgIpc) is 2.99. The van der Waals surface area contributed by atoms with E-state index in [2.05, 4.69) is 5.32 Å². The highest BCUT2D eigenvalue weighted by molar-refractivity contribution is 6.09. The normalized spacial score (nSPS) is 13.2. The summed E-state index contributed by atoms with van der Waals surface area (Å²) in [5.74, 6) is 1.15. The molecular weight excluding hydrogens is 506 g/mol. The Labute approximate surface area is 234 Å². The molecule has 1 fully saturated rings. The maximum Gasteiger partial charge on any atom is 0.266 e. The predicted octanol–water partition coefficient (Wildman–Crippen LogP) is 5.84. The number of benzene rings is 3. The number of carbonyl (C=O) groups excluding carboxylic acids is 2. The molecule has 40 heavy (non-hydrogen) atoms. The number of amides is 2. The lowest BCUT2D eigenvalue weighted by Crippen LogP contribution is -2.35. The Morgan fingerprint density at radius 2 is 1.75 bits per heavy atom. The number of hydrogen-bond donors (Lipinski definition) is 1. The molecule has 8 nitrogen and oxygen atoms in total. The Balaban J connectivity index is 1.39. The van der Waals surface area contributed by atoms with Crippen molar-refractivity contribution in [2.75, 3.05) is 32.1 Å². The Kier molecular flexibility index (Phi) is 9.78. The lowest BCUT2D eigenvalue weighted by atomic mass is 10.1. The third-order valence-corrected chi connectivity index (χ3v) is 6.51. The molecule has 0 spiro atoms. The quantitative estimate of drug-likeness (QED) is 0.256. The number of ether oxygens (including phenoxy) is 3. The van der Waals surface area contributed by atoms with Crippen LogP contribution in [0.2, 0.25) is 0 Å². The van der Waals surface area contributed by atoms with Gasteiger partial charge in [0.15, 0.2) is 11.5 Å². The summed E-state index contributed by atoms with van der Waals surface area (Å²) in [6.45, 7) is 4.31. The van der Waals surface area contributed by atoms with Crippen molar-refractivity contribution in [3.05, 3.63) is 89.0 Å². The van der Waals surface area contributed by atoms with Gasteiger partial charge in [0.2, 0.25) is 0 Å². The SMILES string of the molecule is CCOc1cccc(NC(=O)/C(C#N)=C\c2ccc(OCc3ccc(C(=O)N4CCCCC4)cc3)c(OC)c2)c1. The predicted molar refractivity (Wildman–Crippen MR) is 153 cm³/mol. The minimum absolute atomic E-state index is 0.0586. The summed E-state index contributed by atoms with van der Waals surface area (Å²) in [4.78, 5) is 27.3. The fourth-order valence-electron chi connectivity index (χ4n) is 4.42. The summed E-state index contributed by atoms with van der Waals surface area (Å²) in [7, 11) is 1.53. The maximum absolute atomic E-state index is 12.7. The van der Waals surface area contributed by atoms with Crippen LogP contribution in [0.15, 0.2) is 72.3 Å². The van der Waals surface area contributed by atoms with Gasteiger partial charge in [-0.05, 0) is 79.8 Å². The molecule has 2 amide bonds. The highest BCUT2D eigenvalue weighted by Gasteiger charge is 2.18. The topological polar surface area (TPSA) is 101 Å². The second kappa shape index (κ2) is 13.9. The smallest absolute Gasteiger partial charge is 0.266 e. The van der Waals surface area contributed by atoms with Crippen molar-refractivity contribution < 1.29 is 23.8 Å². The molecule has 0 saturated carbocycles. The van der Waals surface area contributed by atoms with Gasteiger partial charge in [-0.25, -0.2) is 0 Å². The van der Waals surface area contributed by atoms with Crippen LogP contribution in [0, 0.1) is 11.3 Å². The molecule has 0 atom stereocenters. The van der Waals surface area contributed by atoms with E-state index in [-0.39, 0.29) is 18.1 Å². The van der Waals surface area contributed by atoms with E-state index in [0.717, 1.165) is 31.5 Å². The van der Waals surface area contributed by atoms with Crippen molar-refractivity contribution in [3.8, 4) is 23.3 Å². The van der Waals surface area contributed by atoms with Crippen molar-refractivity contribution in [1.29, 1.82) is 5.26 Å². The second-order valence-electron chi connectivity index (χ2n) is 9.33. The first-order chi connectivity index (χ1) is 19.5. The van der Waals surface area contributed by atoms with Gasteiger partial charge in [-0.15, -0.1) is 0 Å². The fourth-order valence-corrected chi connectivity index (χ4v) is 4.42. The first-order valence-electron chi connectivity index (χ1n) is 13.4. The van der Waals surface area contributed by atoms with Crippen LogP contribution in [-0.2, 0) is 11.4 Å². The zero-order valence-corrected chi connectivity index (χ0v) is 22.8. The van der Waals surface area contributed by atoms with Crippen LogP contribution in [0.25, 0.3) is 6.08 Å². The van der Waals surface area contributed by atoms with Crippen molar-refractivity contribution >= 4 is 23.6 Å². The molecule has 0 aliphatic carbocycles. The second-order valence-corrected chi connectivity index (χ2v) is 9.33. The van der Waals surface area contributed by atoms with E-state index in [1.165, 1.54) is 19.6 Å². The third kappa shape index (κ3) is 7.41. The summed E-state index contributed by atoms with van der Waals surface area (Å²) in [6, 6.07) is 21.6. The minimum Gasteiger partial charge on any atom is -0.494 e. The molecule has 1 heterocycles. The summed E-state index contributed by atoms with van der Waals surface area (Å²) in [6.07, 6.45) is 4.79. The molecule has 3 aromatic carbocycles. The highest BCUT2D eigenvalue weighted by Crippen LogP contribution is 2.30. The zero-order valence-electron chi connectivity index (χ0n) is 22.8. The van der Waals surface area contributed by atoms with Gasteiger partial charge in [-0.3, -0.25) is 9.59 Å². The van der Waals surface area contributed by atoms with Crippen molar-refractivity contribution in [3.63, 3.8) is 0 Å². The molecule has 1 aliphatic rings. The molecule has 4 rings (SSSR count).